The van der Waals surface area contributed by atoms with Crippen LogP contribution in [0.1, 0.15) is 21.5 Å². The number of amides is 1. The molecule has 0 spiro atoms. The first-order chi connectivity index (χ1) is 13.7. The Hall–Kier alpha value is -3.85. The second kappa shape index (κ2) is 9.19. The van der Waals surface area contributed by atoms with E-state index in [4.69, 9.17) is 10.00 Å². The van der Waals surface area contributed by atoms with E-state index in [0.717, 1.165) is 23.4 Å². The smallest absolute Gasteiger partial charge is 0.257 e. The number of nitrogens with one attached hydrogen (secondary N) is 2. The predicted octanol–water partition coefficient (Wildman–Crippen LogP) is 3.87. The molecule has 28 heavy (non-hydrogen) atoms. The number of pyridine rings is 1. The molecule has 0 bridgehead atoms. The van der Waals surface area contributed by atoms with Crippen LogP contribution in [0.4, 0.5) is 11.4 Å². The van der Waals surface area contributed by atoms with Crippen LogP contribution in [-0.2, 0) is 6.42 Å². The zero-order valence-corrected chi connectivity index (χ0v) is 15.5. The second-order valence-electron chi connectivity index (χ2n) is 6.09. The molecule has 0 aliphatic rings. The minimum Gasteiger partial charge on any atom is -0.496 e. The number of benzene rings is 2. The van der Waals surface area contributed by atoms with Gasteiger partial charge in [-0.1, -0.05) is 18.2 Å². The minimum absolute atomic E-state index is 0.259. The summed E-state index contributed by atoms with van der Waals surface area (Å²) in [7, 11) is 1.66. The number of nitriles is 1. The molecular weight excluding hydrogens is 352 g/mol. The fraction of sp³-hybridized carbons (Fsp3) is 0.136. The van der Waals surface area contributed by atoms with E-state index in [2.05, 4.69) is 15.6 Å². The van der Waals surface area contributed by atoms with Gasteiger partial charge in [0.2, 0.25) is 0 Å². The van der Waals surface area contributed by atoms with E-state index in [-0.39, 0.29) is 5.91 Å². The number of carbonyl (C=O) groups excluding carboxylic acids is 1. The van der Waals surface area contributed by atoms with E-state index in [1.54, 1.807) is 43.6 Å². The van der Waals surface area contributed by atoms with Crippen LogP contribution < -0.4 is 15.4 Å². The SMILES string of the molecule is COc1ccccc1CCNc1cncc(C(=O)Nc2ccc(C#N)cc2)c1. The monoisotopic (exact) mass is 372 g/mol. The van der Waals surface area contributed by atoms with E-state index in [9.17, 15) is 4.79 Å². The van der Waals surface area contributed by atoms with Crippen molar-refractivity contribution in [2.75, 3.05) is 24.3 Å². The molecule has 6 heteroatoms. The van der Waals surface area contributed by atoms with Crippen molar-refractivity contribution in [1.82, 2.24) is 4.98 Å². The van der Waals surface area contributed by atoms with Gasteiger partial charge in [0, 0.05) is 24.6 Å². The summed E-state index contributed by atoms with van der Waals surface area (Å²) in [6.07, 6.45) is 3.98. The molecule has 3 rings (SSSR count). The van der Waals surface area contributed by atoms with Crippen LogP contribution >= 0.6 is 0 Å². The molecule has 1 heterocycles. The third kappa shape index (κ3) is 4.86. The molecule has 2 aromatic carbocycles. The van der Waals surface area contributed by atoms with Crippen molar-refractivity contribution in [2.24, 2.45) is 0 Å². The highest BCUT2D eigenvalue weighted by Crippen LogP contribution is 2.18. The number of methoxy groups -OCH3 is 1. The highest BCUT2D eigenvalue weighted by molar-refractivity contribution is 6.04. The predicted molar refractivity (Wildman–Crippen MR) is 109 cm³/mol. The molecule has 0 fully saturated rings. The van der Waals surface area contributed by atoms with Crippen molar-refractivity contribution in [3.05, 3.63) is 83.7 Å². The van der Waals surface area contributed by atoms with Crippen LogP contribution in [-0.4, -0.2) is 24.5 Å². The molecule has 140 valence electrons. The van der Waals surface area contributed by atoms with Gasteiger partial charge in [0.05, 0.1) is 30.0 Å². The zero-order chi connectivity index (χ0) is 19.8. The maximum Gasteiger partial charge on any atom is 0.257 e. The van der Waals surface area contributed by atoms with Crippen molar-refractivity contribution >= 4 is 17.3 Å². The van der Waals surface area contributed by atoms with Gasteiger partial charge in [0.15, 0.2) is 0 Å². The molecule has 0 unspecified atom stereocenters. The van der Waals surface area contributed by atoms with Gasteiger partial charge in [-0.15, -0.1) is 0 Å². The third-order valence-electron chi connectivity index (χ3n) is 4.19. The number of ether oxygens (including phenoxy) is 1. The first-order valence-corrected chi connectivity index (χ1v) is 8.82. The molecule has 0 saturated heterocycles. The number of rotatable bonds is 7. The lowest BCUT2D eigenvalue weighted by Crippen LogP contribution is -2.13. The largest absolute Gasteiger partial charge is 0.496 e. The van der Waals surface area contributed by atoms with Gasteiger partial charge in [-0.05, 0) is 48.4 Å². The summed E-state index contributed by atoms with van der Waals surface area (Å²) in [6, 6.07) is 18.4. The highest BCUT2D eigenvalue weighted by atomic mass is 16.5. The minimum atomic E-state index is -0.259. The Morgan fingerprint density at radius 2 is 1.89 bits per heavy atom. The lowest BCUT2D eigenvalue weighted by atomic mass is 10.1. The van der Waals surface area contributed by atoms with Crippen LogP contribution in [0.5, 0.6) is 5.75 Å². The summed E-state index contributed by atoms with van der Waals surface area (Å²) in [5.41, 5.74) is 3.49. The molecule has 1 amide bonds. The Morgan fingerprint density at radius 1 is 1.11 bits per heavy atom. The number of carbonyl (C=O) groups is 1. The summed E-state index contributed by atoms with van der Waals surface area (Å²) in [6.45, 7) is 0.683. The van der Waals surface area contributed by atoms with E-state index in [0.29, 0.717) is 23.4 Å². The zero-order valence-electron chi connectivity index (χ0n) is 15.5. The Balaban J connectivity index is 1.60. The summed E-state index contributed by atoms with van der Waals surface area (Å²) < 4.78 is 5.36. The standard InChI is InChI=1S/C22H20N4O2/c1-28-21-5-3-2-4-17(21)10-11-25-20-12-18(14-24-15-20)22(27)26-19-8-6-16(13-23)7-9-19/h2-9,12,14-15,25H,10-11H2,1H3,(H,26,27). The molecule has 0 aliphatic carbocycles. The van der Waals surface area contributed by atoms with Crippen LogP contribution in [0.2, 0.25) is 0 Å². The van der Waals surface area contributed by atoms with Gasteiger partial charge in [-0.25, -0.2) is 0 Å². The number of hydrogen-bond donors (Lipinski definition) is 2. The van der Waals surface area contributed by atoms with Crippen molar-refractivity contribution in [3.63, 3.8) is 0 Å². The van der Waals surface area contributed by atoms with Crippen LogP contribution in [0.3, 0.4) is 0 Å². The molecule has 3 aromatic rings. The molecule has 0 aliphatic heterocycles. The van der Waals surface area contributed by atoms with Gasteiger partial charge in [0.25, 0.3) is 5.91 Å². The van der Waals surface area contributed by atoms with Crippen LogP contribution in [0.25, 0.3) is 0 Å². The van der Waals surface area contributed by atoms with Gasteiger partial charge in [-0.2, -0.15) is 5.26 Å². The summed E-state index contributed by atoms with van der Waals surface area (Å²) in [5.74, 6) is 0.601. The third-order valence-corrected chi connectivity index (χ3v) is 4.19. The Kier molecular flexibility index (Phi) is 6.21. The van der Waals surface area contributed by atoms with E-state index in [1.807, 2.05) is 30.3 Å². The molecule has 6 nitrogen and oxygen atoms in total. The fourth-order valence-corrected chi connectivity index (χ4v) is 2.74. The highest BCUT2D eigenvalue weighted by Gasteiger charge is 2.08. The quantitative estimate of drug-likeness (QED) is 0.657. The summed E-state index contributed by atoms with van der Waals surface area (Å²) in [4.78, 5) is 16.6. The molecule has 0 radical (unpaired) electrons. The fourth-order valence-electron chi connectivity index (χ4n) is 2.74. The average Bonchev–Trinajstić information content (AvgIpc) is 2.75. The Labute approximate surface area is 163 Å². The van der Waals surface area contributed by atoms with Gasteiger partial charge >= 0.3 is 0 Å². The topological polar surface area (TPSA) is 87.0 Å². The number of hydrogen-bond acceptors (Lipinski definition) is 5. The summed E-state index contributed by atoms with van der Waals surface area (Å²) >= 11 is 0. The van der Waals surface area contributed by atoms with E-state index < -0.39 is 0 Å². The molecule has 0 saturated carbocycles. The van der Waals surface area contributed by atoms with Crippen LogP contribution in [0, 0.1) is 11.3 Å². The Bertz CT molecular complexity index is 994. The lowest BCUT2D eigenvalue weighted by Gasteiger charge is -2.10. The molecule has 2 N–H and O–H groups in total. The van der Waals surface area contributed by atoms with Crippen molar-refractivity contribution in [1.29, 1.82) is 5.26 Å². The number of para-hydroxylation sites is 1. The number of anilines is 2. The first kappa shape index (κ1) is 18.9. The van der Waals surface area contributed by atoms with Crippen molar-refractivity contribution in [3.8, 4) is 11.8 Å². The molecule has 0 atom stereocenters. The maximum atomic E-state index is 12.4. The van der Waals surface area contributed by atoms with E-state index >= 15 is 0 Å². The number of aromatic nitrogens is 1. The van der Waals surface area contributed by atoms with Crippen molar-refractivity contribution < 1.29 is 9.53 Å². The normalized spacial score (nSPS) is 10.0. The lowest BCUT2D eigenvalue weighted by molar-refractivity contribution is 0.102. The maximum absolute atomic E-state index is 12.4. The second-order valence-corrected chi connectivity index (χ2v) is 6.09. The Morgan fingerprint density at radius 3 is 2.64 bits per heavy atom. The molecule has 1 aromatic heterocycles. The van der Waals surface area contributed by atoms with E-state index in [1.165, 1.54) is 6.20 Å². The van der Waals surface area contributed by atoms with Crippen molar-refractivity contribution in [2.45, 2.75) is 6.42 Å². The van der Waals surface area contributed by atoms with Gasteiger partial charge < -0.3 is 15.4 Å². The van der Waals surface area contributed by atoms with Gasteiger partial charge in [0.1, 0.15) is 5.75 Å². The molecular formula is C22H20N4O2. The summed E-state index contributed by atoms with van der Waals surface area (Å²) in [5, 5.41) is 14.9. The average molecular weight is 372 g/mol. The van der Waals surface area contributed by atoms with Crippen LogP contribution in [0.15, 0.2) is 67.0 Å². The van der Waals surface area contributed by atoms with Gasteiger partial charge in [-0.3, -0.25) is 9.78 Å². The number of nitrogens with zero attached hydrogens (tertiary/aromatic N) is 2. The first-order valence-electron chi connectivity index (χ1n) is 8.82.